The molecular weight excluding hydrogens is 318 g/mol. The molecule has 5 heteroatoms. The van der Waals surface area contributed by atoms with E-state index in [1.165, 1.54) is 6.07 Å². The van der Waals surface area contributed by atoms with Crippen molar-refractivity contribution in [2.75, 3.05) is 18.4 Å². The van der Waals surface area contributed by atoms with Crippen LogP contribution in [-0.4, -0.2) is 34.3 Å². The summed E-state index contributed by atoms with van der Waals surface area (Å²) in [6.45, 7) is 1.49. The Bertz CT molecular complexity index is 445. The van der Waals surface area contributed by atoms with Crippen molar-refractivity contribution in [3.8, 4) is 5.75 Å². The zero-order valence-corrected chi connectivity index (χ0v) is 12.2. The van der Waals surface area contributed by atoms with Crippen LogP contribution in [0.15, 0.2) is 18.2 Å². The molecule has 1 aromatic carbocycles. The Balaban J connectivity index is 2.08. The molecule has 1 amide bonds. The number of hydrogen-bond acceptors (Lipinski definition) is 2. The lowest BCUT2D eigenvalue weighted by molar-refractivity contribution is 0.0696. The number of phenols is 1. The van der Waals surface area contributed by atoms with Gasteiger partial charge in [-0.05, 0) is 37.0 Å². The minimum atomic E-state index is -0.114. The molecule has 98 valence electrons. The highest BCUT2D eigenvalue weighted by molar-refractivity contribution is 9.09. The van der Waals surface area contributed by atoms with Crippen LogP contribution in [-0.2, 0) is 0 Å². The molecule has 2 rings (SSSR count). The maximum atomic E-state index is 12.2. The number of amides is 1. The standard InChI is InChI=1S/C13H15BrClNO2/c14-8-9-3-5-16(6-4-9)13(18)11-2-1-10(15)7-12(11)17/h1-2,7,9,17H,3-6,8H2. The van der Waals surface area contributed by atoms with Gasteiger partial charge in [-0.1, -0.05) is 27.5 Å². The van der Waals surface area contributed by atoms with Crippen molar-refractivity contribution >= 4 is 33.4 Å². The number of alkyl halides is 1. The van der Waals surface area contributed by atoms with Gasteiger partial charge in [-0.3, -0.25) is 4.79 Å². The number of nitrogens with zero attached hydrogens (tertiary/aromatic N) is 1. The molecule has 1 heterocycles. The van der Waals surface area contributed by atoms with Gasteiger partial charge < -0.3 is 10.0 Å². The monoisotopic (exact) mass is 331 g/mol. The number of likely N-dealkylation sites (tertiary alicyclic amines) is 1. The average molecular weight is 333 g/mol. The predicted octanol–water partition coefficient (Wildman–Crippen LogP) is 3.29. The third-order valence-electron chi connectivity index (χ3n) is 3.31. The number of phenolic OH excluding ortho intramolecular Hbond substituents is 1. The van der Waals surface area contributed by atoms with Crippen LogP contribution in [0.3, 0.4) is 0 Å². The summed E-state index contributed by atoms with van der Waals surface area (Å²) in [6.07, 6.45) is 2.01. The third kappa shape index (κ3) is 2.98. The molecule has 1 aromatic rings. The van der Waals surface area contributed by atoms with E-state index in [9.17, 15) is 9.90 Å². The Morgan fingerprint density at radius 3 is 2.67 bits per heavy atom. The van der Waals surface area contributed by atoms with Crippen LogP contribution in [0.2, 0.25) is 5.02 Å². The number of hydrogen-bond donors (Lipinski definition) is 1. The Hall–Kier alpha value is -0.740. The van der Waals surface area contributed by atoms with Crippen LogP contribution in [0, 0.1) is 5.92 Å². The Kier molecular flexibility index (Phi) is 4.51. The van der Waals surface area contributed by atoms with Crippen molar-refractivity contribution in [2.45, 2.75) is 12.8 Å². The lowest BCUT2D eigenvalue weighted by Gasteiger charge is -2.31. The highest BCUT2D eigenvalue weighted by atomic mass is 79.9. The minimum absolute atomic E-state index is 0.0462. The van der Waals surface area contributed by atoms with Gasteiger partial charge in [-0.2, -0.15) is 0 Å². The molecule has 18 heavy (non-hydrogen) atoms. The number of benzene rings is 1. The molecule has 1 N–H and O–H groups in total. The van der Waals surface area contributed by atoms with Gasteiger partial charge in [-0.15, -0.1) is 0 Å². The first-order chi connectivity index (χ1) is 8.61. The number of rotatable bonds is 2. The van der Waals surface area contributed by atoms with Crippen LogP contribution in [0.1, 0.15) is 23.2 Å². The summed E-state index contributed by atoms with van der Waals surface area (Å²) in [5, 5.41) is 11.2. The molecule has 1 aliphatic heterocycles. The van der Waals surface area contributed by atoms with Crippen molar-refractivity contribution in [3.05, 3.63) is 28.8 Å². The molecular formula is C13H15BrClNO2. The third-order valence-corrected chi connectivity index (χ3v) is 4.46. The van der Waals surface area contributed by atoms with Gasteiger partial charge >= 0.3 is 0 Å². The van der Waals surface area contributed by atoms with Crippen molar-refractivity contribution in [1.82, 2.24) is 4.90 Å². The molecule has 3 nitrogen and oxygen atoms in total. The van der Waals surface area contributed by atoms with Crippen molar-refractivity contribution in [1.29, 1.82) is 0 Å². The van der Waals surface area contributed by atoms with Crippen LogP contribution in [0.25, 0.3) is 0 Å². The molecule has 0 aromatic heterocycles. The van der Waals surface area contributed by atoms with E-state index in [4.69, 9.17) is 11.6 Å². The smallest absolute Gasteiger partial charge is 0.257 e. The van der Waals surface area contributed by atoms with Crippen molar-refractivity contribution in [3.63, 3.8) is 0 Å². The molecule has 0 radical (unpaired) electrons. The lowest BCUT2D eigenvalue weighted by atomic mass is 9.98. The molecule has 0 aliphatic carbocycles. The molecule has 1 aliphatic rings. The molecule has 0 bridgehead atoms. The van der Waals surface area contributed by atoms with Gasteiger partial charge in [0.05, 0.1) is 5.56 Å². The zero-order valence-electron chi connectivity index (χ0n) is 9.90. The number of carbonyl (C=O) groups is 1. The van der Waals surface area contributed by atoms with Crippen LogP contribution >= 0.6 is 27.5 Å². The van der Waals surface area contributed by atoms with E-state index in [2.05, 4.69) is 15.9 Å². The summed E-state index contributed by atoms with van der Waals surface area (Å²) < 4.78 is 0. The van der Waals surface area contributed by atoms with Crippen LogP contribution in [0.5, 0.6) is 5.75 Å². The average Bonchev–Trinajstić information content (AvgIpc) is 2.38. The summed E-state index contributed by atoms with van der Waals surface area (Å²) >= 11 is 9.23. The Morgan fingerprint density at radius 1 is 1.44 bits per heavy atom. The lowest BCUT2D eigenvalue weighted by Crippen LogP contribution is -2.38. The predicted molar refractivity (Wildman–Crippen MR) is 75.5 cm³/mol. The molecule has 1 fully saturated rings. The number of carbonyl (C=O) groups excluding carboxylic acids is 1. The molecule has 0 unspecified atom stereocenters. The summed E-state index contributed by atoms with van der Waals surface area (Å²) in [7, 11) is 0. The van der Waals surface area contributed by atoms with Crippen molar-refractivity contribution in [2.24, 2.45) is 5.92 Å². The van der Waals surface area contributed by atoms with E-state index >= 15 is 0 Å². The first-order valence-corrected chi connectivity index (χ1v) is 7.45. The number of piperidine rings is 1. The molecule has 0 spiro atoms. The second kappa shape index (κ2) is 5.93. The summed E-state index contributed by atoms with van der Waals surface area (Å²) in [4.78, 5) is 14.0. The molecule has 0 saturated carbocycles. The summed E-state index contributed by atoms with van der Waals surface area (Å²) in [6, 6.07) is 4.61. The molecule has 0 atom stereocenters. The summed E-state index contributed by atoms with van der Waals surface area (Å²) in [5.41, 5.74) is 0.330. The van der Waals surface area contributed by atoms with E-state index in [1.807, 2.05) is 0 Å². The van der Waals surface area contributed by atoms with Crippen molar-refractivity contribution < 1.29 is 9.90 Å². The first kappa shape index (κ1) is 13.7. The number of aromatic hydroxyl groups is 1. The Labute approximate surface area is 120 Å². The fourth-order valence-electron chi connectivity index (χ4n) is 2.15. The van der Waals surface area contributed by atoms with Gasteiger partial charge in [0.25, 0.3) is 5.91 Å². The second-order valence-corrected chi connectivity index (χ2v) is 5.64. The van der Waals surface area contributed by atoms with Gasteiger partial charge in [0, 0.05) is 23.4 Å². The van der Waals surface area contributed by atoms with Gasteiger partial charge in [0.2, 0.25) is 0 Å². The molecule has 1 saturated heterocycles. The maximum absolute atomic E-state index is 12.2. The van der Waals surface area contributed by atoms with E-state index < -0.39 is 0 Å². The fourth-order valence-corrected chi connectivity index (χ4v) is 2.96. The second-order valence-electron chi connectivity index (χ2n) is 4.55. The Morgan fingerprint density at radius 2 is 2.11 bits per heavy atom. The van der Waals surface area contributed by atoms with E-state index in [0.717, 1.165) is 31.3 Å². The van der Waals surface area contributed by atoms with Crippen LogP contribution in [0.4, 0.5) is 0 Å². The fraction of sp³-hybridized carbons (Fsp3) is 0.462. The van der Waals surface area contributed by atoms with E-state index in [1.54, 1.807) is 17.0 Å². The maximum Gasteiger partial charge on any atom is 0.257 e. The summed E-state index contributed by atoms with van der Waals surface area (Å²) in [5.74, 6) is 0.486. The van der Waals surface area contributed by atoms with E-state index in [-0.39, 0.29) is 11.7 Å². The SMILES string of the molecule is O=C(c1ccc(Cl)cc1O)N1CCC(CBr)CC1. The topological polar surface area (TPSA) is 40.5 Å². The number of halogens is 2. The highest BCUT2D eigenvalue weighted by Crippen LogP contribution is 2.26. The minimum Gasteiger partial charge on any atom is -0.507 e. The van der Waals surface area contributed by atoms with Gasteiger partial charge in [-0.25, -0.2) is 0 Å². The van der Waals surface area contributed by atoms with E-state index in [0.29, 0.717) is 16.5 Å². The zero-order chi connectivity index (χ0) is 13.1. The van der Waals surface area contributed by atoms with Crippen LogP contribution < -0.4 is 0 Å². The normalized spacial score (nSPS) is 16.9. The van der Waals surface area contributed by atoms with Gasteiger partial charge in [0.15, 0.2) is 0 Å². The largest absolute Gasteiger partial charge is 0.507 e. The van der Waals surface area contributed by atoms with Gasteiger partial charge in [0.1, 0.15) is 5.75 Å². The quantitative estimate of drug-likeness (QED) is 0.844. The highest BCUT2D eigenvalue weighted by Gasteiger charge is 2.24. The first-order valence-electron chi connectivity index (χ1n) is 5.95.